The normalized spacial score (nSPS) is 21.9. The zero-order valence-electron chi connectivity index (χ0n) is 14.5. The van der Waals surface area contributed by atoms with Crippen LogP contribution < -0.4 is 16.0 Å². The standard InChI is InChI=1S/C18H22N6O2/c25-15(12-7-19-8-12)23-17-20-9-11-6-13-16(26)21-10-18(4-2-1-3-5-18)24(13)14(11)22-17/h6,9,12,19H,1-5,7-8,10H2,(H,21,26)(H,20,22,23,25). The van der Waals surface area contributed by atoms with Crippen LogP contribution in [0.15, 0.2) is 12.3 Å². The number of hydrogen-bond donors (Lipinski definition) is 3. The third kappa shape index (κ3) is 2.32. The summed E-state index contributed by atoms with van der Waals surface area (Å²) >= 11 is 0. The molecule has 0 aromatic carbocycles. The van der Waals surface area contributed by atoms with Gasteiger partial charge in [-0.05, 0) is 18.9 Å². The van der Waals surface area contributed by atoms with Crippen molar-refractivity contribution in [1.82, 2.24) is 25.2 Å². The Morgan fingerprint density at radius 2 is 2.08 bits per heavy atom. The van der Waals surface area contributed by atoms with E-state index in [1.807, 2.05) is 6.07 Å². The van der Waals surface area contributed by atoms with Crippen molar-refractivity contribution in [2.45, 2.75) is 37.6 Å². The first-order chi connectivity index (χ1) is 12.7. The van der Waals surface area contributed by atoms with Crippen LogP contribution in [0.3, 0.4) is 0 Å². The first-order valence-electron chi connectivity index (χ1n) is 9.35. The number of hydrogen-bond acceptors (Lipinski definition) is 5. The van der Waals surface area contributed by atoms with Crippen LogP contribution in [0.25, 0.3) is 11.0 Å². The van der Waals surface area contributed by atoms with E-state index in [-0.39, 0.29) is 23.3 Å². The topological polar surface area (TPSA) is 101 Å². The average Bonchev–Trinajstić information content (AvgIpc) is 2.98. The van der Waals surface area contributed by atoms with Crippen LogP contribution in [-0.2, 0) is 10.3 Å². The fourth-order valence-electron chi connectivity index (χ4n) is 4.41. The monoisotopic (exact) mass is 354 g/mol. The van der Waals surface area contributed by atoms with E-state index in [1.165, 1.54) is 6.42 Å². The van der Waals surface area contributed by atoms with Crippen LogP contribution in [0.2, 0.25) is 0 Å². The molecule has 2 amide bonds. The number of nitrogens with one attached hydrogen (secondary N) is 3. The maximum atomic E-state index is 12.4. The molecule has 5 rings (SSSR count). The number of aromatic nitrogens is 3. The molecule has 0 atom stereocenters. The summed E-state index contributed by atoms with van der Waals surface area (Å²) < 4.78 is 2.11. The van der Waals surface area contributed by atoms with Gasteiger partial charge in [0.1, 0.15) is 11.3 Å². The molecule has 2 fully saturated rings. The van der Waals surface area contributed by atoms with Crippen LogP contribution >= 0.6 is 0 Å². The van der Waals surface area contributed by atoms with Gasteiger partial charge in [0, 0.05) is 31.2 Å². The summed E-state index contributed by atoms with van der Waals surface area (Å²) in [5.74, 6) is 0.169. The molecule has 8 nitrogen and oxygen atoms in total. The van der Waals surface area contributed by atoms with Crippen molar-refractivity contribution >= 4 is 28.8 Å². The smallest absolute Gasteiger partial charge is 0.268 e. The molecular formula is C18H22N6O2. The molecule has 1 spiro atoms. The molecule has 2 aliphatic heterocycles. The summed E-state index contributed by atoms with van der Waals surface area (Å²) in [4.78, 5) is 33.5. The molecule has 0 bridgehead atoms. The highest BCUT2D eigenvalue weighted by Gasteiger charge is 2.41. The Bertz CT molecular complexity index is 894. The van der Waals surface area contributed by atoms with E-state index in [0.717, 1.165) is 36.7 Å². The first kappa shape index (κ1) is 15.7. The largest absolute Gasteiger partial charge is 0.348 e. The molecule has 8 heteroatoms. The van der Waals surface area contributed by atoms with E-state index in [1.54, 1.807) is 6.20 Å². The van der Waals surface area contributed by atoms with Crippen LogP contribution in [0.5, 0.6) is 0 Å². The Kier molecular flexibility index (Phi) is 3.49. The number of anilines is 1. The van der Waals surface area contributed by atoms with E-state index in [9.17, 15) is 9.59 Å². The van der Waals surface area contributed by atoms with Crippen molar-refractivity contribution < 1.29 is 9.59 Å². The van der Waals surface area contributed by atoms with Gasteiger partial charge in [0.25, 0.3) is 5.91 Å². The Morgan fingerprint density at radius 3 is 2.81 bits per heavy atom. The number of carbonyl (C=O) groups is 2. The summed E-state index contributed by atoms with van der Waals surface area (Å²) in [6.07, 6.45) is 7.30. The Balaban J connectivity index is 1.58. The number of nitrogens with zero attached hydrogens (tertiary/aromatic N) is 3. The highest BCUT2D eigenvalue weighted by molar-refractivity contribution is 5.99. The second kappa shape index (κ2) is 5.77. The number of amides is 2. The lowest BCUT2D eigenvalue weighted by Gasteiger charge is -2.42. The Hall–Kier alpha value is -2.48. The van der Waals surface area contributed by atoms with Crippen LogP contribution in [-0.4, -0.2) is 46.0 Å². The molecule has 1 saturated heterocycles. The van der Waals surface area contributed by atoms with Crippen molar-refractivity contribution in [2.24, 2.45) is 5.92 Å². The minimum absolute atomic E-state index is 0.0222. The SMILES string of the molecule is O=C1NCC2(CCCCC2)n2c1cc1cnc(NC(=O)C3CNC3)nc12. The molecule has 0 unspecified atom stereocenters. The molecule has 3 aliphatic rings. The summed E-state index contributed by atoms with van der Waals surface area (Å²) in [6.45, 7) is 2.03. The third-order valence-corrected chi connectivity index (χ3v) is 6.00. The first-order valence-corrected chi connectivity index (χ1v) is 9.35. The van der Waals surface area contributed by atoms with Gasteiger partial charge in [-0.1, -0.05) is 19.3 Å². The van der Waals surface area contributed by atoms with E-state index >= 15 is 0 Å². The summed E-state index contributed by atoms with van der Waals surface area (Å²) in [5.41, 5.74) is 1.28. The molecule has 26 heavy (non-hydrogen) atoms. The van der Waals surface area contributed by atoms with Crippen molar-refractivity contribution in [3.8, 4) is 0 Å². The Morgan fingerprint density at radius 1 is 1.27 bits per heavy atom. The zero-order chi connectivity index (χ0) is 17.7. The van der Waals surface area contributed by atoms with Crippen molar-refractivity contribution in [2.75, 3.05) is 25.0 Å². The van der Waals surface area contributed by atoms with E-state index in [2.05, 4.69) is 30.5 Å². The summed E-state index contributed by atoms with van der Waals surface area (Å²) in [5, 5.41) is 9.80. The minimum Gasteiger partial charge on any atom is -0.348 e. The molecule has 4 heterocycles. The van der Waals surface area contributed by atoms with Gasteiger partial charge in [0.2, 0.25) is 11.9 Å². The molecular weight excluding hydrogens is 332 g/mol. The van der Waals surface area contributed by atoms with Gasteiger partial charge in [-0.3, -0.25) is 14.9 Å². The van der Waals surface area contributed by atoms with Crippen LogP contribution in [0, 0.1) is 5.92 Å². The second-order valence-corrected chi connectivity index (χ2v) is 7.65. The number of fused-ring (bicyclic) bond motifs is 4. The van der Waals surface area contributed by atoms with Gasteiger partial charge in [0.05, 0.1) is 11.5 Å². The third-order valence-electron chi connectivity index (χ3n) is 6.00. The van der Waals surface area contributed by atoms with Gasteiger partial charge in [-0.15, -0.1) is 0 Å². The maximum absolute atomic E-state index is 12.4. The lowest BCUT2D eigenvalue weighted by Crippen LogP contribution is -2.52. The molecule has 1 saturated carbocycles. The van der Waals surface area contributed by atoms with Crippen molar-refractivity contribution in [1.29, 1.82) is 0 Å². The fraction of sp³-hybridized carbons (Fsp3) is 0.556. The Labute approximate surface area is 150 Å². The molecule has 3 N–H and O–H groups in total. The van der Waals surface area contributed by atoms with Crippen molar-refractivity contribution in [3.05, 3.63) is 18.0 Å². The number of carbonyl (C=O) groups excluding carboxylic acids is 2. The molecule has 2 aromatic heterocycles. The number of rotatable bonds is 2. The fourth-order valence-corrected chi connectivity index (χ4v) is 4.41. The van der Waals surface area contributed by atoms with Gasteiger partial charge in [0.15, 0.2) is 0 Å². The summed E-state index contributed by atoms with van der Waals surface area (Å²) in [7, 11) is 0. The zero-order valence-corrected chi connectivity index (χ0v) is 14.5. The molecule has 2 aromatic rings. The van der Waals surface area contributed by atoms with Crippen LogP contribution in [0.4, 0.5) is 5.95 Å². The second-order valence-electron chi connectivity index (χ2n) is 7.65. The predicted molar refractivity (Wildman–Crippen MR) is 95.9 cm³/mol. The highest BCUT2D eigenvalue weighted by atomic mass is 16.2. The van der Waals surface area contributed by atoms with Gasteiger partial charge < -0.3 is 15.2 Å². The van der Waals surface area contributed by atoms with Gasteiger partial charge in [-0.2, -0.15) is 4.98 Å². The van der Waals surface area contributed by atoms with Crippen molar-refractivity contribution in [3.63, 3.8) is 0 Å². The molecule has 136 valence electrons. The maximum Gasteiger partial charge on any atom is 0.268 e. The average molecular weight is 354 g/mol. The molecule has 1 aliphatic carbocycles. The minimum atomic E-state index is -0.114. The molecule has 0 radical (unpaired) electrons. The lowest BCUT2D eigenvalue weighted by molar-refractivity contribution is -0.121. The predicted octanol–water partition coefficient (Wildman–Crippen LogP) is 0.992. The van der Waals surface area contributed by atoms with Gasteiger partial charge in [-0.25, -0.2) is 4.98 Å². The van der Waals surface area contributed by atoms with E-state index in [4.69, 9.17) is 0 Å². The summed E-state index contributed by atoms with van der Waals surface area (Å²) in [6, 6.07) is 1.86. The van der Waals surface area contributed by atoms with Gasteiger partial charge >= 0.3 is 0 Å². The van der Waals surface area contributed by atoms with E-state index < -0.39 is 0 Å². The van der Waals surface area contributed by atoms with E-state index in [0.29, 0.717) is 31.3 Å². The highest BCUT2D eigenvalue weighted by Crippen LogP contribution is 2.40. The lowest BCUT2D eigenvalue weighted by atomic mass is 9.80. The van der Waals surface area contributed by atoms with Crippen LogP contribution in [0.1, 0.15) is 42.6 Å². The quantitative estimate of drug-likeness (QED) is 0.747.